The molecule has 1 heterocycles. The smallest absolute Gasteiger partial charge is 0.183 e. The van der Waals surface area contributed by atoms with Crippen LogP contribution >= 0.6 is 0 Å². The zero-order valence-electron chi connectivity index (χ0n) is 10.9. The van der Waals surface area contributed by atoms with Crippen LogP contribution in [0.25, 0.3) is 0 Å². The van der Waals surface area contributed by atoms with Gasteiger partial charge >= 0.3 is 0 Å². The van der Waals surface area contributed by atoms with E-state index in [1.165, 1.54) is 0 Å². The molecule has 18 heavy (non-hydrogen) atoms. The fraction of sp³-hybridized carbons (Fsp3) is 0.571. The second-order valence-corrected chi connectivity index (χ2v) is 4.57. The predicted molar refractivity (Wildman–Crippen MR) is 67.2 cm³/mol. The van der Waals surface area contributed by atoms with Gasteiger partial charge in [-0.15, -0.1) is 0 Å². The Morgan fingerprint density at radius 1 is 1.11 bits per heavy atom. The maximum absolute atomic E-state index is 10.5. The number of aliphatic hydroxyl groups is 1. The molecular formula is C14H20O4. The summed E-state index contributed by atoms with van der Waals surface area (Å²) in [6.07, 6.45) is 0.928. The highest BCUT2D eigenvalue weighted by Gasteiger charge is 2.31. The summed E-state index contributed by atoms with van der Waals surface area (Å²) in [6, 6.07) is 7.73. The summed E-state index contributed by atoms with van der Waals surface area (Å²) in [7, 11) is 3.21. The SMILES string of the molecule is COC(OC)c1ccc(C2(O)CCOCC2)cc1. The number of hydrogen-bond donors (Lipinski definition) is 1. The standard InChI is InChI=1S/C14H20O4/c1-16-13(17-2)11-3-5-12(6-4-11)14(15)7-9-18-10-8-14/h3-6,13,15H,7-10H2,1-2H3. The molecule has 0 aliphatic carbocycles. The fourth-order valence-corrected chi connectivity index (χ4v) is 2.32. The van der Waals surface area contributed by atoms with Crippen molar-refractivity contribution < 1.29 is 19.3 Å². The Kier molecular flexibility index (Phi) is 4.35. The Labute approximate surface area is 107 Å². The van der Waals surface area contributed by atoms with E-state index in [-0.39, 0.29) is 6.29 Å². The maximum atomic E-state index is 10.5. The second kappa shape index (κ2) is 5.80. The number of benzene rings is 1. The van der Waals surface area contributed by atoms with Gasteiger partial charge in [-0.3, -0.25) is 0 Å². The molecule has 0 saturated carbocycles. The lowest BCUT2D eigenvalue weighted by atomic mass is 9.86. The normalized spacial score (nSPS) is 19.1. The van der Waals surface area contributed by atoms with E-state index in [2.05, 4.69) is 0 Å². The Morgan fingerprint density at radius 2 is 1.67 bits per heavy atom. The van der Waals surface area contributed by atoms with Crippen molar-refractivity contribution in [3.63, 3.8) is 0 Å². The van der Waals surface area contributed by atoms with Gasteiger partial charge in [0.1, 0.15) is 0 Å². The van der Waals surface area contributed by atoms with Gasteiger partial charge in [-0.25, -0.2) is 0 Å². The first kappa shape index (κ1) is 13.5. The van der Waals surface area contributed by atoms with Crippen LogP contribution in [0.3, 0.4) is 0 Å². The first-order chi connectivity index (χ1) is 8.69. The van der Waals surface area contributed by atoms with Crippen molar-refractivity contribution in [3.05, 3.63) is 35.4 Å². The molecule has 1 aromatic rings. The summed E-state index contributed by atoms with van der Waals surface area (Å²) in [5, 5.41) is 10.5. The van der Waals surface area contributed by atoms with E-state index in [0.717, 1.165) is 11.1 Å². The Hall–Kier alpha value is -0.940. The molecule has 1 fully saturated rings. The van der Waals surface area contributed by atoms with Gasteiger partial charge in [0.05, 0.1) is 5.60 Å². The first-order valence-electron chi connectivity index (χ1n) is 6.16. The van der Waals surface area contributed by atoms with Crippen LogP contribution in [0, 0.1) is 0 Å². The largest absolute Gasteiger partial charge is 0.385 e. The summed E-state index contributed by atoms with van der Waals surface area (Å²) < 4.78 is 15.7. The van der Waals surface area contributed by atoms with Crippen LogP contribution in [0.1, 0.15) is 30.3 Å². The van der Waals surface area contributed by atoms with E-state index in [4.69, 9.17) is 14.2 Å². The van der Waals surface area contributed by atoms with E-state index in [9.17, 15) is 5.11 Å². The third kappa shape index (κ3) is 2.72. The van der Waals surface area contributed by atoms with Crippen LogP contribution in [-0.4, -0.2) is 32.5 Å². The molecule has 0 radical (unpaired) electrons. The molecule has 1 saturated heterocycles. The van der Waals surface area contributed by atoms with Gasteiger partial charge in [0.2, 0.25) is 0 Å². The Morgan fingerprint density at radius 3 is 2.17 bits per heavy atom. The van der Waals surface area contributed by atoms with Gasteiger partial charge in [-0.2, -0.15) is 0 Å². The van der Waals surface area contributed by atoms with E-state index in [1.54, 1.807) is 14.2 Å². The third-order valence-electron chi connectivity index (χ3n) is 3.47. The minimum atomic E-state index is -0.758. The molecule has 4 heteroatoms. The lowest BCUT2D eigenvalue weighted by molar-refractivity contribution is -0.106. The average Bonchev–Trinajstić information content (AvgIpc) is 2.42. The van der Waals surface area contributed by atoms with E-state index < -0.39 is 5.60 Å². The fourth-order valence-electron chi connectivity index (χ4n) is 2.32. The minimum Gasteiger partial charge on any atom is -0.385 e. The number of rotatable bonds is 4. The zero-order valence-corrected chi connectivity index (χ0v) is 10.9. The lowest BCUT2D eigenvalue weighted by Gasteiger charge is -2.32. The molecule has 0 spiro atoms. The second-order valence-electron chi connectivity index (χ2n) is 4.57. The summed E-state index contributed by atoms with van der Waals surface area (Å²) >= 11 is 0. The van der Waals surface area contributed by atoms with Gasteiger partial charge < -0.3 is 19.3 Å². The first-order valence-corrected chi connectivity index (χ1v) is 6.16. The topological polar surface area (TPSA) is 47.9 Å². The zero-order chi connectivity index (χ0) is 13.0. The predicted octanol–water partition coefficient (Wildman–Crippen LogP) is 1.98. The highest BCUT2D eigenvalue weighted by molar-refractivity contribution is 5.28. The molecule has 1 N–H and O–H groups in total. The van der Waals surface area contributed by atoms with Crippen molar-refractivity contribution in [3.8, 4) is 0 Å². The molecule has 0 bridgehead atoms. The minimum absolute atomic E-state index is 0.358. The molecule has 100 valence electrons. The van der Waals surface area contributed by atoms with E-state index in [0.29, 0.717) is 26.1 Å². The van der Waals surface area contributed by atoms with Crippen molar-refractivity contribution in [1.82, 2.24) is 0 Å². The van der Waals surface area contributed by atoms with Gasteiger partial charge in [-0.05, 0) is 5.56 Å². The quantitative estimate of drug-likeness (QED) is 0.832. The molecule has 1 aliphatic heterocycles. The molecule has 4 nitrogen and oxygen atoms in total. The molecule has 0 aromatic heterocycles. The number of methoxy groups -OCH3 is 2. The average molecular weight is 252 g/mol. The molecule has 0 amide bonds. The number of hydrogen-bond acceptors (Lipinski definition) is 4. The molecule has 1 aliphatic rings. The van der Waals surface area contributed by atoms with Crippen molar-refractivity contribution in [2.24, 2.45) is 0 Å². The van der Waals surface area contributed by atoms with Crippen LogP contribution in [-0.2, 0) is 19.8 Å². The molecule has 0 atom stereocenters. The molecule has 0 unspecified atom stereocenters. The van der Waals surface area contributed by atoms with E-state index in [1.807, 2.05) is 24.3 Å². The van der Waals surface area contributed by atoms with Crippen molar-refractivity contribution in [2.75, 3.05) is 27.4 Å². The van der Waals surface area contributed by atoms with Crippen molar-refractivity contribution in [1.29, 1.82) is 0 Å². The highest BCUT2D eigenvalue weighted by Crippen LogP contribution is 2.32. The lowest BCUT2D eigenvalue weighted by Crippen LogP contribution is -2.33. The van der Waals surface area contributed by atoms with Crippen molar-refractivity contribution in [2.45, 2.75) is 24.7 Å². The Balaban J connectivity index is 2.16. The van der Waals surface area contributed by atoms with E-state index >= 15 is 0 Å². The number of ether oxygens (including phenoxy) is 3. The molecule has 1 aromatic carbocycles. The van der Waals surface area contributed by atoms with Crippen molar-refractivity contribution >= 4 is 0 Å². The van der Waals surface area contributed by atoms with Crippen LogP contribution < -0.4 is 0 Å². The third-order valence-corrected chi connectivity index (χ3v) is 3.47. The van der Waals surface area contributed by atoms with Gasteiger partial charge in [0, 0.05) is 45.8 Å². The summed E-state index contributed by atoms with van der Waals surface area (Å²) in [6.45, 7) is 1.22. The summed E-state index contributed by atoms with van der Waals surface area (Å²) in [5.74, 6) is 0. The van der Waals surface area contributed by atoms with Gasteiger partial charge in [0.15, 0.2) is 6.29 Å². The summed E-state index contributed by atoms with van der Waals surface area (Å²) in [4.78, 5) is 0. The Bertz CT molecular complexity index is 364. The maximum Gasteiger partial charge on any atom is 0.183 e. The van der Waals surface area contributed by atoms with Crippen LogP contribution in [0.5, 0.6) is 0 Å². The van der Waals surface area contributed by atoms with Gasteiger partial charge in [-0.1, -0.05) is 24.3 Å². The molecule has 2 rings (SSSR count). The summed E-state index contributed by atoms with van der Waals surface area (Å²) in [5.41, 5.74) is 1.12. The monoisotopic (exact) mass is 252 g/mol. The molecular weight excluding hydrogens is 232 g/mol. The van der Waals surface area contributed by atoms with Crippen LogP contribution in [0.2, 0.25) is 0 Å². The van der Waals surface area contributed by atoms with Gasteiger partial charge in [0.25, 0.3) is 0 Å². The highest BCUT2D eigenvalue weighted by atomic mass is 16.7. The van der Waals surface area contributed by atoms with Crippen LogP contribution in [0.15, 0.2) is 24.3 Å². The van der Waals surface area contributed by atoms with Crippen LogP contribution in [0.4, 0.5) is 0 Å².